The molecule has 6 heteroatoms. The predicted octanol–water partition coefficient (Wildman–Crippen LogP) is 5.51. The van der Waals surface area contributed by atoms with Crippen LogP contribution in [0.15, 0.2) is 0 Å². The number of carbonyl (C=O) groups excluding carboxylic acids is 2. The fourth-order valence-electron chi connectivity index (χ4n) is 9.14. The third-order valence-electron chi connectivity index (χ3n) is 10.8. The molecule has 4 saturated carbocycles. The van der Waals surface area contributed by atoms with Gasteiger partial charge in [-0.25, -0.2) is 0 Å². The van der Waals surface area contributed by atoms with Gasteiger partial charge < -0.3 is 14.6 Å². The molecule has 0 aromatic rings. The summed E-state index contributed by atoms with van der Waals surface area (Å²) in [6.45, 7) is 8.72. The highest BCUT2D eigenvalue weighted by Crippen LogP contribution is 2.69. The number of aliphatic hydroxyl groups excluding tert-OH is 1. The van der Waals surface area contributed by atoms with Gasteiger partial charge in [-0.3, -0.25) is 9.59 Å². The minimum atomic E-state index is -0.409. The quantitative estimate of drug-likeness (QED) is 0.377. The number of fused-ring (bicyclic) bond motifs is 5. The normalized spacial score (nSPS) is 47.6. The van der Waals surface area contributed by atoms with Crippen LogP contribution in [0.1, 0.15) is 85.5 Å². The average Bonchev–Trinajstić information content (AvgIpc) is 3.13. The summed E-state index contributed by atoms with van der Waals surface area (Å²) >= 11 is 4.01. The second-order valence-electron chi connectivity index (χ2n) is 12.2. The second-order valence-corrected chi connectivity index (χ2v) is 13.2. The molecule has 0 aliphatic heterocycles. The zero-order chi connectivity index (χ0) is 24.1. The van der Waals surface area contributed by atoms with E-state index in [1.54, 1.807) is 0 Å². The zero-order valence-electron chi connectivity index (χ0n) is 21.0. The maximum Gasteiger partial charge on any atom is 0.305 e. The van der Waals surface area contributed by atoms with E-state index >= 15 is 0 Å². The fraction of sp³-hybridized carbons (Fsp3) is 0.926. The molecule has 33 heavy (non-hydrogen) atoms. The van der Waals surface area contributed by atoms with E-state index in [1.165, 1.54) is 39.7 Å². The van der Waals surface area contributed by atoms with E-state index in [-0.39, 0.29) is 39.6 Å². The average molecular weight is 528 g/mol. The van der Waals surface area contributed by atoms with Gasteiger partial charge in [-0.1, -0.05) is 36.7 Å². The van der Waals surface area contributed by atoms with Gasteiger partial charge in [-0.15, -0.1) is 0 Å². The first kappa shape index (κ1) is 25.5. The van der Waals surface area contributed by atoms with Gasteiger partial charge in [0.15, 0.2) is 0 Å². The molecule has 1 N–H and O–H groups in total. The summed E-state index contributed by atoms with van der Waals surface area (Å²) in [6, 6.07) is 0. The molecule has 0 saturated heterocycles. The minimum Gasteiger partial charge on any atom is -0.469 e. The Morgan fingerprint density at radius 3 is 2.39 bits per heavy atom. The molecule has 188 valence electrons. The molecule has 11 atom stereocenters. The summed E-state index contributed by atoms with van der Waals surface area (Å²) in [7, 11) is 1.47. The Morgan fingerprint density at radius 1 is 1.06 bits per heavy atom. The molecular formula is C27H43BrO5. The Labute approximate surface area is 207 Å². The van der Waals surface area contributed by atoms with Crippen molar-refractivity contribution in [1.29, 1.82) is 0 Å². The molecule has 0 heterocycles. The van der Waals surface area contributed by atoms with Crippen molar-refractivity contribution in [3.63, 3.8) is 0 Å². The number of methoxy groups -OCH3 is 1. The Hall–Kier alpha value is -0.620. The van der Waals surface area contributed by atoms with Crippen molar-refractivity contribution in [2.75, 3.05) is 7.11 Å². The fourth-order valence-corrected chi connectivity index (χ4v) is 10.2. The van der Waals surface area contributed by atoms with Crippen LogP contribution < -0.4 is 0 Å². The van der Waals surface area contributed by atoms with Gasteiger partial charge in [0.25, 0.3) is 0 Å². The van der Waals surface area contributed by atoms with Crippen LogP contribution in [0.3, 0.4) is 0 Å². The van der Waals surface area contributed by atoms with E-state index < -0.39 is 6.10 Å². The molecule has 4 aliphatic carbocycles. The number of hydrogen-bond donors (Lipinski definition) is 1. The van der Waals surface area contributed by atoms with E-state index in [0.717, 1.165) is 25.7 Å². The maximum absolute atomic E-state index is 11.7. The van der Waals surface area contributed by atoms with Crippen LogP contribution >= 0.6 is 15.9 Å². The number of aliphatic hydroxyl groups is 1. The Balaban J connectivity index is 1.54. The zero-order valence-corrected chi connectivity index (χ0v) is 22.6. The largest absolute Gasteiger partial charge is 0.469 e. The Morgan fingerprint density at radius 2 is 1.73 bits per heavy atom. The SMILES string of the molecule is COC(=O)CC[C@@H](C)[C@H]1CC[C@H]2[C@@H]3[C@H](Br)[C@@H](O)[C@@H]4C[C@H](OC(C)=O)CC[C@]4(C)[C@H]3CC[C@]12C. The van der Waals surface area contributed by atoms with Crippen LogP contribution in [-0.2, 0) is 19.1 Å². The summed E-state index contributed by atoms with van der Waals surface area (Å²) in [5, 5.41) is 11.5. The smallest absolute Gasteiger partial charge is 0.305 e. The first-order valence-electron chi connectivity index (χ1n) is 13.1. The number of halogens is 1. The monoisotopic (exact) mass is 526 g/mol. The van der Waals surface area contributed by atoms with Crippen molar-refractivity contribution >= 4 is 27.9 Å². The first-order valence-corrected chi connectivity index (χ1v) is 14.0. The molecule has 0 spiro atoms. The number of esters is 2. The van der Waals surface area contributed by atoms with Crippen LogP contribution in [0.4, 0.5) is 0 Å². The van der Waals surface area contributed by atoms with Crippen molar-refractivity contribution in [3.8, 4) is 0 Å². The lowest BCUT2D eigenvalue weighted by atomic mass is 9.43. The van der Waals surface area contributed by atoms with E-state index in [0.29, 0.717) is 36.0 Å². The van der Waals surface area contributed by atoms with Crippen LogP contribution in [0, 0.1) is 46.3 Å². The van der Waals surface area contributed by atoms with Gasteiger partial charge in [0.2, 0.25) is 0 Å². The van der Waals surface area contributed by atoms with E-state index in [9.17, 15) is 14.7 Å². The molecule has 0 radical (unpaired) electrons. The third kappa shape index (κ3) is 4.30. The van der Waals surface area contributed by atoms with Crippen molar-refractivity contribution in [2.24, 2.45) is 46.3 Å². The summed E-state index contributed by atoms with van der Waals surface area (Å²) in [5.74, 6) is 2.64. The molecule has 4 fully saturated rings. The molecular weight excluding hydrogens is 484 g/mol. The standard InChI is InChI=1S/C27H43BrO5/c1-15(6-9-22(30)32-5)18-7-8-19-23-20(11-13-26(18,19)3)27(4)12-10-17(33-16(2)29)14-21(27)25(31)24(23)28/h15,17-21,23-25,31H,6-14H2,1-5H3/t15-,17-,18-,19+,20+,21+,23+,24+,25+,26-,27-/m1/s1. The highest BCUT2D eigenvalue weighted by Gasteiger charge is 2.65. The lowest BCUT2D eigenvalue weighted by Gasteiger charge is -2.64. The number of alkyl halides is 1. The van der Waals surface area contributed by atoms with Gasteiger partial charge >= 0.3 is 11.9 Å². The van der Waals surface area contributed by atoms with Gasteiger partial charge in [0.05, 0.1) is 13.2 Å². The molecule has 0 unspecified atom stereocenters. The summed E-state index contributed by atoms with van der Waals surface area (Å²) in [6.07, 6.45) is 8.51. The lowest BCUT2D eigenvalue weighted by Crippen LogP contribution is -2.63. The van der Waals surface area contributed by atoms with Crippen LogP contribution in [0.25, 0.3) is 0 Å². The molecule has 0 aromatic heterocycles. The minimum absolute atomic E-state index is 0.0631. The Kier molecular flexibility index (Phi) is 7.29. The number of carbonyl (C=O) groups is 2. The van der Waals surface area contributed by atoms with Gasteiger partial charge in [0.1, 0.15) is 6.10 Å². The van der Waals surface area contributed by atoms with Gasteiger partial charge in [0, 0.05) is 18.2 Å². The highest BCUT2D eigenvalue weighted by molar-refractivity contribution is 9.09. The lowest BCUT2D eigenvalue weighted by molar-refractivity contribution is -0.179. The molecule has 4 rings (SSSR count). The highest BCUT2D eigenvalue weighted by atomic mass is 79.9. The molecule has 5 nitrogen and oxygen atoms in total. The molecule has 0 amide bonds. The predicted molar refractivity (Wildman–Crippen MR) is 131 cm³/mol. The van der Waals surface area contributed by atoms with E-state index in [4.69, 9.17) is 9.47 Å². The van der Waals surface area contributed by atoms with Crippen LogP contribution in [0.2, 0.25) is 0 Å². The van der Waals surface area contributed by atoms with E-state index in [2.05, 4.69) is 36.7 Å². The molecule has 0 aromatic carbocycles. The summed E-state index contributed by atoms with van der Waals surface area (Å²) < 4.78 is 10.5. The van der Waals surface area contributed by atoms with Gasteiger partial charge in [-0.2, -0.15) is 0 Å². The van der Waals surface area contributed by atoms with Crippen molar-refractivity contribution in [1.82, 2.24) is 0 Å². The van der Waals surface area contributed by atoms with E-state index in [1.807, 2.05) is 0 Å². The van der Waals surface area contributed by atoms with Crippen molar-refractivity contribution in [2.45, 2.75) is 103 Å². The summed E-state index contributed by atoms with van der Waals surface area (Å²) in [4.78, 5) is 23.4. The van der Waals surface area contributed by atoms with Crippen molar-refractivity contribution < 1.29 is 24.2 Å². The number of hydrogen-bond acceptors (Lipinski definition) is 5. The maximum atomic E-state index is 11.7. The third-order valence-corrected chi connectivity index (χ3v) is 11.9. The number of rotatable bonds is 5. The molecule has 0 bridgehead atoms. The Bertz CT molecular complexity index is 757. The van der Waals surface area contributed by atoms with Gasteiger partial charge in [-0.05, 0) is 97.7 Å². The van der Waals surface area contributed by atoms with Crippen LogP contribution in [-0.4, -0.2) is 41.2 Å². The second kappa shape index (κ2) is 9.44. The summed E-state index contributed by atoms with van der Waals surface area (Å²) in [5.41, 5.74) is 0.363. The first-order chi connectivity index (χ1) is 15.5. The van der Waals surface area contributed by atoms with Crippen LogP contribution in [0.5, 0.6) is 0 Å². The topological polar surface area (TPSA) is 72.8 Å². The van der Waals surface area contributed by atoms with Crippen molar-refractivity contribution in [3.05, 3.63) is 0 Å². The number of ether oxygens (including phenoxy) is 2. The molecule has 4 aliphatic rings.